The van der Waals surface area contributed by atoms with Crippen molar-refractivity contribution in [3.63, 3.8) is 0 Å². The molecular formula is C20H28N4O2. The lowest BCUT2D eigenvalue weighted by Gasteiger charge is -2.43. The molecule has 0 bridgehead atoms. The molecule has 26 heavy (non-hydrogen) atoms. The third-order valence-electron chi connectivity index (χ3n) is 5.62. The van der Waals surface area contributed by atoms with E-state index in [1.165, 1.54) is 25.9 Å². The molecule has 1 aromatic heterocycles. The zero-order valence-corrected chi connectivity index (χ0v) is 15.6. The number of aromatic nitrogens is 2. The van der Waals surface area contributed by atoms with Gasteiger partial charge in [-0.1, -0.05) is 12.1 Å². The highest BCUT2D eigenvalue weighted by molar-refractivity contribution is 5.60. The molecule has 2 fully saturated rings. The van der Waals surface area contributed by atoms with Gasteiger partial charge >= 0.3 is 0 Å². The van der Waals surface area contributed by atoms with E-state index in [-0.39, 0.29) is 6.04 Å². The van der Waals surface area contributed by atoms with Crippen LogP contribution in [0.25, 0.3) is 11.3 Å². The Kier molecular flexibility index (Phi) is 5.24. The Morgan fingerprint density at radius 3 is 2.88 bits per heavy atom. The van der Waals surface area contributed by atoms with Crippen LogP contribution in [0.5, 0.6) is 5.75 Å². The van der Waals surface area contributed by atoms with Crippen molar-refractivity contribution in [2.75, 3.05) is 47.0 Å². The molecule has 140 valence electrons. The number of nitrogens with zero attached hydrogens (tertiary/aromatic N) is 3. The fraction of sp³-hybridized carbons (Fsp3) is 0.550. The summed E-state index contributed by atoms with van der Waals surface area (Å²) >= 11 is 0. The van der Waals surface area contributed by atoms with Crippen LogP contribution in [0.15, 0.2) is 30.5 Å². The number of likely N-dealkylation sites (tertiary alicyclic amines) is 1. The van der Waals surface area contributed by atoms with Gasteiger partial charge in [-0.05, 0) is 45.1 Å². The molecule has 1 aromatic carbocycles. The third-order valence-corrected chi connectivity index (χ3v) is 5.62. The van der Waals surface area contributed by atoms with Crippen molar-refractivity contribution in [1.82, 2.24) is 19.8 Å². The van der Waals surface area contributed by atoms with Crippen LogP contribution in [0.2, 0.25) is 0 Å². The maximum Gasteiger partial charge on any atom is 0.126 e. The summed E-state index contributed by atoms with van der Waals surface area (Å²) in [5.41, 5.74) is 2.11. The minimum atomic E-state index is 0.205. The molecule has 6 nitrogen and oxygen atoms in total. The van der Waals surface area contributed by atoms with E-state index in [2.05, 4.69) is 27.9 Å². The number of hydrogen-bond donors (Lipinski definition) is 1. The Morgan fingerprint density at radius 1 is 1.23 bits per heavy atom. The molecule has 2 aliphatic heterocycles. The van der Waals surface area contributed by atoms with E-state index in [4.69, 9.17) is 14.5 Å². The monoisotopic (exact) mass is 356 g/mol. The second kappa shape index (κ2) is 7.78. The molecule has 2 aromatic rings. The van der Waals surface area contributed by atoms with Crippen LogP contribution in [-0.2, 0) is 4.74 Å². The summed E-state index contributed by atoms with van der Waals surface area (Å²) in [5, 5.41) is 0. The molecule has 2 saturated heterocycles. The summed E-state index contributed by atoms with van der Waals surface area (Å²) in [5.74, 6) is 1.86. The lowest BCUT2D eigenvalue weighted by atomic mass is 10.0. The molecule has 0 spiro atoms. The van der Waals surface area contributed by atoms with E-state index in [9.17, 15) is 0 Å². The predicted octanol–water partition coefficient (Wildman–Crippen LogP) is 2.55. The van der Waals surface area contributed by atoms with Gasteiger partial charge in [-0.25, -0.2) is 4.98 Å². The molecule has 4 rings (SSSR count). The van der Waals surface area contributed by atoms with E-state index >= 15 is 0 Å². The standard InChI is InChI=1S/C20H28N4O2/c1-23-8-6-16(7-9-23)24-10-11-26-14-19(24)20-21-13-18(22-20)15-4-3-5-17(12-15)25-2/h3-5,12-13,16,19H,6-11,14H2,1-2H3,(H,21,22). The second-order valence-electron chi connectivity index (χ2n) is 7.28. The number of morpholine rings is 1. The first-order chi connectivity index (χ1) is 12.7. The zero-order chi connectivity index (χ0) is 17.9. The number of piperidine rings is 1. The van der Waals surface area contributed by atoms with Gasteiger partial charge < -0.3 is 19.4 Å². The van der Waals surface area contributed by atoms with E-state index in [0.717, 1.165) is 36.0 Å². The van der Waals surface area contributed by atoms with Crippen LogP contribution in [0.3, 0.4) is 0 Å². The van der Waals surface area contributed by atoms with Crippen molar-refractivity contribution in [2.24, 2.45) is 0 Å². The summed E-state index contributed by atoms with van der Waals surface area (Å²) in [4.78, 5) is 13.3. The van der Waals surface area contributed by atoms with Crippen LogP contribution in [0.1, 0.15) is 24.7 Å². The molecule has 6 heteroatoms. The van der Waals surface area contributed by atoms with Crippen molar-refractivity contribution in [3.8, 4) is 17.0 Å². The van der Waals surface area contributed by atoms with Crippen LogP contribution in [0.4, 0.5) is 0 Å². The van der Waals surface area contributed by atoms with E-state index in [0.29, 0.717) is 12.6 Å². The van der Waals surface area contributed by atoms with Gasteiger partial charge in [0.05, 0.1) is 38.3 Å². The van der Waals surface area contributed by atoms with Crippen molar-refractivity contribution < 1.29 is 9.47 Å². The van der Waals surface area contributed by atoms with Crippen molar-refractivity contribution >= 4 is 0 Å². The Balaban J connectivity index is 1.54. The van der Waals surface area contributed by atoms with Crippen LogP contribution < -0.4 is 4.74 Å². The summed E-state index contributed by atoms with van der Waals surface area (Å²) in [6.45, 7) is 4.84. The van der Waals surface area contributed by atoms with E-state index in [1.807, 2.05) is 24.4 Å². The second-order valence-corrected chi connectivity index (χ2v) is 7.28. The Labute approximate surface area is 155 Å². The fourth-order valence-corrected chi connectivity index (χ4v) is 4.06. The van der Waals surface area contributed by atoms with Gasteiger partial charge in [0.25, 0.3) is 0 Å². The van der Waals surface area contributed by atoms with Gasteiger partial charge in [-0.2, -0.15) is 0 Å². The van der Waals surface area contributed by atoms with Gasteiger partial charge in [0.15, 0.2) is 0 Å². The summed E-state index contributed by atoms with van der Waals surface area (Å²) < 4.78 is 11.1. The number of H-pyrrole nitrogens is 1. The van der Waals surface area contributed by atoms with Crippen molar-refractivity contribution in [2.45, 2.75) is 24.9 Å². The Morgan fingerprint density at radius 2 is 2.08 bits per heavy atom. The molecule has 0 radical (unpaired) electrons. The number of hydrogen-bond acceptors (Lipinski definition) is 5. The SMILES string of the molecule is COc1cccc(-c2cnc(C3COCCN3C3CCN(C)CC3)[nH]2)c1. The topological polar surface area (TPSA) is 53.6 Å². The molecule has 0 amide bonds. The molecule has 3 heterocycles. The molecule has 2 aliphatic rings. The Bertz CT molecular complexity index is 724. The summed E-state index contributed by atoms with van der Waals surface area (Å²) in [6.07, 6.45) is 4.36. The number of imidazole rings is 1. The highest BCUT2D eigenvalue weighted by Crippen LogP contribution is 2.30. The number of methoxy groups -OCH3 is 1. The van der Waals surface area contributed by atoms with Crippen LogP contribution in [-0.4, -0.2) is 72.8 Å². The number of rotatable bonds is 4. The highest BCUT2D eigenvalue weighted by atomic mass is 16.5. The largest absolute Gasteiger partial charge is 0.497 e. The summed E-state index contributed by atoms with van der Waals surface area (Å²) in [7, 11) is 3.90. The first-order valence-electron chi connectivity index (χ1n) is 9.46. The van der Waals surface area contributed by atoms with E-state index in [1.54, 1.807) is 7.11 Å². The lowest BCUT2D eigenvalue weighted by Crippen LogP contribution is -2.50. The van der Waals surface area contributed by atoms with Gasteiger partial charge in [-0.15, -0.1) is 0 Å². The Hall–Kier alpha value is -1.89. The summed E-state index contributed by atoms with van der Waals surface area (Å²) in [6, 6.07) is 8.89. The van der Waals surface area contributed by atoms with Crippen molar-refractivity contribution in [1.29, 1.82) is 0 Å². The maximum atomic E-state index is 5.80. The molecule has 0 saturated carbocycles. The quantitative estimate of drug-likeness (QED) is 0.912. The molecule has 1 N–H and O–H groups in total. The van der Waals surface area contributed by atoms with Crippen LogP contribution in [0, 0.1) is 0 Å². The minimum absolute atomic E-state index is 0.205. The third kappa shape index (κ3) is 3.63. The van der Waals surface area contributed by atoms with Gasteiger partial charge in [0.1, 0.15) is 11.6 Å². The molecule has 1 atom stereocenters. The fourth-order valence-electron chi connectivity index (χ4n) is 4.06. The normalized spacial score (nSPS) is 23.2. The maximum absolute atomic E-state index is 5.80. The highest BCUT2D eigenvalue weighted by Gasteiger charge is 2.33. The minimum Gasteiger partial charge on any atom is -0.497 e. The van der Waals surface area contributed by atoms with Crippen molar-refractivity contribution in [3.05, 3.63) is 36.3 Å². The van der Waals surface area contributed by atoms with Gasteiger partial charge in [-0.3, -0.25) is 4.90 Å². The molecule has 0 aliphatic carbocycles. The number of ether oxygens (including phenoxy) is 2. The first kappa shape index (κ1) is 17.5. The average molecular weight is 356 g/mol. The molecular weight excluding hydrogens is 328 g/mol. The smallest absolute Gasteiger partial charge is 0.126 e. The zero-order valence-electron chi connectivity index (χ0n) is 15.6. The predicted molar refractivity (Wildman–Crippen MR) is 101 cm³/mol. The number of benzene rings is 1. The number of aromatic amines is 1. The lowest BCUT2D eigenvalue weighted by molar-refractivity contribution is -0.0441. The molecule has 1 unspecified atom stereocenters. The van der Waals surface area contributed by atoms with E-state index < -0.39 is 0 Å². The number of nitrogens with one attached hydrogen (secondary N) is 1. The average Bonchev–Trinajstić information content (AvgIpc) is 3.19. The first-order valence-corrected chi connectivity index (χ1v) is 9.46. The van der Waals surface area contributed by atoms with Crippen LogP contribution >= 0.6 is 0 Å². The van der Waals surface area contributed by atoms with Gasteiger partial charge in [0.2, 0.25) is 0 Å². The van der Waals surface area contributed by atoms with Gasteiger partial charge in [0, 0.05) is 18.2 Å².